The Kier molecular flexibility index (Phi) is 6.97. The standard InChI is InChI=1S/C40H22F6N2O2/c41-39(42,43)27-18-26(19-28(22-27)40(44,45)46)25-16-17-34-32(21-25)30-12-4-5-14-33(30)48(34)35-15-7-13-31-36(35)38(50)47(37(31)49)29-11-6-10-24(20-29)23-8-2-1-3-9-23/h1-22H. The third-order valence-electron chi connectivity index (χ3n) is 8.94. The first kappa shape index (κ1) is 31.1. The van der Waals surface area contributed by atoms with E-state index >= 15 is 0 Å². The van der Waals surface area contributed by atoms with Gasteiger partial charge in [0.1, 0.15) is 0 Å². The number of hydrogen-bond acceptors (Lipinski definition) is 2. The van der Waals surface area contributed by atoms with E-state index in [1.54, 1.807) is 77.4 Å². The van der Waals surface area contributed by atoms with Crippen LogP contribution in [0, 0.1) is 0 Å². The Morgan fingerprint density at radius 2 is 1.08 bits per heavy atom. The summed E-state index contributed by atoms with van der Waals surface area (Å²) in [5, 5.41) is 1.18. The van der Waals surface area contributed by atoms with Gasteiger partial charge >= 0.3 is 12.4 Å². The zero-order chi connectivity index (χ0) is 34.9. The first-order chi connectivity index (χ1) is 23.9. The van der Waals surface area contributed by atoms with E-state index in [2.05, 4.69) is 0 Å². The minimum atomic E-state index is -5.00. The fourth-order valence-corrected chi connectivity index (χ4v) is 6.68. The number of alkyl halides is 6. The maximum atomic E-state index is 14.2. The third kappa shape index (κ3) is 5.03. The first-order valence-corrected chi connectivity index (χ1v) is 15.4. The Balaban J connectivity index is 1.28. The summed E-state index contributed by atoms with van der Waals surface area (Å²) >= 11 is 0. The van der Waals surface area contributed by atoms with Gasteiger partial charge in [0.15, 0.2) is 0 Å². The van der Waals surface area contributed by atoms with Crippen molar-refractivity contribution in [2.75, 3.05) is 4.90 Å². The summed E-state index contributed by atoms with van der Waals surface area (Å²) < 4.78 is 83.9. The summed E-state index contributed by atoms with van der Waals surface area (Å²) in [4.78, 5) is 29.2. The maximum absolute atomic E-state index is 14.2. The van der Waals surface area contributed by atoms with Crippen molar-refractivity contribution < 1.29 is 35.9 Å². The van der Waals surface area contributed by atoms with Gasteiger partial charge in [-0.2, -0.15) is 26.3 Å². The molecular weight excluding hydrogens is 654 g/mol. The molecule has 50 heavy (non-hydrogen) atoms. The molecule has 0 bridgehead atoms. The number of imide groups is 1. The Morgan fingerprint density at radius 1 is 0.460 bits per heavy atom. The summed E-state index contributed by atoms with van der Waals surface area (Å²) in [6, 6.07) is 34.8. The molecular formula is C40H22F6N2O2. The molecule has 4 nitrogen and oxygen atoms in total. The molecule has 0 N–H and O–H groups in total. The molecule has 0 unspecified atom stereocenters. The minimum absolute atomic E-state index is 0.101. The summed E-state index contributed by atoms with van der Waals surface area (Å²) in [5.41, 5.74) is 1.14. The molecule has 2 heterocycles. The molecule has 0 aliphatic carbocycles. The molecule has 1 aromatic heterocycles. The quantitative estimate of drug-likeness (QED) is 0.138. The molecule has 1 aliphatic rings. The molecule has 246 valence electrons. The topological polar surface area (TPSA) is 42.3 Å². The Hall–Kier alpha value is -6.16. The number of amides is 2. The highest BCUT2D eigenvalue weighted by atomic mass is 19.4. The number of carbonyl (C=O) groups is 2. The zero-order valence-electron chi connectivity index (χ0n) is 25.7. The Labute approximate surface area is 280 Å². The maximum Gasteiger partial charge on any atom is 0.416 e. The zero-order valence-corrected chi connectivity index (χ0v) is 25.7. The van der Waals surface area contributed by atoms with Crippen LogP contribution in [-0.2, 0) is 12.4 Å². The molecule has 0 spiro atoms. The first-order valence-electron chi connectivity index (χ1n) is 15.4. The number of aromatic nitrogens is 1. The van der Waals surface area contributed by atoms with Crippen molar-refractivity contribution in [3.8, 4) is 27.9 Å². The van der Waals surface area contributed by atoms with Crippen LogP contribution in [0.25, 0.3) is 49.7 Å². The van der Waals surface area contributed by atoms with E-state index in [9.17, 15) is 35.9 Å². The highest BCUT2D eigenvalue weighted by Crippen LogP contribution is 2.42. The molecule has 0 radical (unpaired) electrons. The molecule has 0 fully saturated rings. The SMILES string of the molecule is O=C1c2cccc(-n3c4ccccc4c4cc(-c5cc(C(F)(F)F)cc(C(F)(F)F)c5)ccc43)c2C(=O)N1c1cccc(-c2ccccc2)c1. The van der Waals surface area contributed by atoms with Crippen LogP contribution in [0.5, 0.6) is 0 Å². The lowest BCUT2D eigenvalue weighted by Gasteiger charge is -2.16. The molecule has 10 heteroatoms. The molecule has 6 aromatic carbocycles. The van der Waals surface area contributed by atoms with Crippen LogP contribution in [-0.4, -0.2) is 16.4 Å². The van der Waals surface area contributed by atoms with E-state index in [1.807, 2.05) is 36.4 Å². The molecule has 2 amide bonds. The van der Waals surface area contributed by atoms with Gasteiger partial charge in [0.25, 0.3) is 11.8 Å². The summed E-state index contributed by atoms with van der Waals surface area (Å²) in [5.74, 6) is -1.03. The molecule has 8 rings (SSSR count). The van der Waals surface area contributed by atoms with Gasteiger partial charge in [-0.3, -0.25) is 9.59 Å². The monoisotopic (exact) mass is 676 g/mol. The van der Waals surface area contributed by atoms with Crippen molar-refractivity contribution in [3.05, 3.63) is 156 Å². The van der Waals surface area contributed by atoms with Crippen LogP contribution in [0.15, 0.2) is 133 Å². The predicted octanol–water partition coefficient (Wildman–Crippen LogP) is 11.0. The van der Waals surface area contributed by atoms with Crippen molar-refractivity contribution in [3.63, 3.8) is 0 Å². The second-order valence-corrected chi connectivity index (χ2v) is 11.9. The third-order valence-corrected chi connectivity index (χ3v) is 8.94. The number of benzene rings is 6. The van der Waals surface area contributed by atoms with Crippen LogP contribution < -0.4 is 4.90 Å². The normalized spacial score (nSPS) is 13.4. The molecule has 1 aliphatic heterocycles. The van der Waals surface area contributed by atoms with E-state index in [-0.39, 0.29) is 28.3 Å². The van der Waals surface area contributed by atoms with Crippen molar-refractivity contribution >= 4 is 39.3 Å². The smallest absolute Gasteiger partial charge is 0.308 e. The minimum Gasteiger partial charge on any atom is -0.308 e. The van der Waals surface area contributed by atoms with Crippen molar-refractivity contribution in [2.24, 2.45) is 0 Å². The number of carbonyl (C=O) groups excluding carboxylic acids is 2. The predicted molar refractivity (Wildman–Crippen MR) is 179 cm³/mol. The second-order valence-electron chi connectivity index (χ2n) is 11.9. The van der Waals surface area contributed by atoms with Crippen LogP contribution in [0.2, 0.25) is 0 Å². The lowest BCUT2D eigenvalue weighted by Crippen LogP contribution is -2.29. The Bertz CT molecular complexity index is 2480. The number of para-hydroxylation sites is 1. The summed E-state index contributed by atoms with van der Waals surface area (Å²) in [7, 11) is 0. The number of rotatable bonds is 4. The van der Waals surface area contributed by atoms with E-state index in [4.69, 9.17) is 0 Å². The van der Waals surface area contributed by atoms with Gasteiger partial charge in [0.05, 0.1) is 44.7 Å². The molecule has 7 aromatic rings. The lowest BCUT2D eigenvalue weighted by molar-refractivity contribution is -0.143. The van der Waals surface area contributed by atoms with Crippen molar-refractivity contribution in [1.82, 2.24) is 4.57 Å². The van der Waals surface area contributed by atoms with Crippen LogP contribution in [0.1, 0.15) is 31.8 Å². The summed E-state index contributed by atoms with van der Waals surface area (Å²) in [6.45, 7) is 0. The van der Waals surface area contributed by atoms with Crippen LogP contribution in [0.3, 0.4) is 0 Å². The fraction of sp³-hybridized carbons (Fsp3) is 0.0500. The Morgan fingerprint density at radius 3 is 1.80 bits per heavy atom. The number of fused-ring (bicyclic) bond motifs is 4. The number of halogens is 6. The van der Waals surface area contributed by atoms with Crippen LogP contribution in [0.4, 0.5) is 32.0 Å². The van der Waals surface area contributed by atoms with Gasteiger partial charge in [-0.05, 0) is 82.9 Å². The van der Waals surface area contributed by atoms with E-state index in [0.717, 1.165) is 16.0 Å². The van der Waals surface area contributed by atoms with E-state index < -0.39 is 35.3 Å². The number of hydrogen-bond donors (Lipinski definition) is 0. The molecule has 0 atom stereocenters. The molecule has 0 saturated carbocycles. The van der Waals surface area contributed by atoms with Gasteiger partial charge in [-0.25, -0.2) is 4.90 Å². The number of nitrogens with zero attached hydrogens (tertiary/aromatic N) is 2. The average molecular weight is 677 g/mol. The number of anilines is 1. The van der Waals surface area contributed by atoms with Gasteiger partial charge in [0, 0.05) is 10.8 Å². The average Bonchev–Trinajstić information content (AvgIpc) is 3.58. The summed E-state index contributed by atoms with van der Waals surface area (Å²) in [6.07, 6.45) is -9.99. The molecule has 0 saturated heterocycles. The lowest BCUT2D eigenvalue weighted by atomic mass is 9.97. The van der Waals surface area contributed by atoms with Crippen molar-refractivity contribution in [2.45, 2.75) is 12.4 Å². The van der Waals surface area contributed by atoms with Gasteiger partial charge in [0.2, 0.25) is 0 Å². The van der Waals surface area contributed by atoms with Gasteiger partial charge in [-0.1, -0.05) is 72.8 Å². The highest BCUT2D eigenvalue weighted by molar-refractivity contribution is 6.36. The van der Waals surface area contributed by atoms with Crippen molar-refractivity contribution in [1.29, 1.82) is 0 Å². The van der Waals surface area contributed by atoms with E-state index in [1.165, 1.54) is 6.07 Å². The van der Waals surface area contributed by atoms with Gasteiger partial charge < -0.3 is 4.57 Å². The second kappa shape index (κ2) is 11.2. The van der Waals surface area contributed by atoms with E-state index in [0.29, 0.717) is 45.3 Å². The largest absolute Gasteiger partial charge is 0.416 e. The van der Waals surface area contributed by atoms with Crippen LogP contribution >= 0.6 is 0 Å². The van der Waals surface area contributed by atoms with Gasteiger partial charge in [-0.15, -0.1) is 0 Å². The fourth-order valence-electron chi connectivity index (χ4n) is 6.68. The highest BCUT2D eigenvalue weighted by Gasteiger charge is 2.40.